The van der Waals surface area contributed by atoms with Gasteiger partial charge in [0.25, 0.3) is 5.97 Å². The van der Waals surface area contributed by atoms with Gasteiger partial charge >= 0.3 is 41.5 Å². The Kier molecular flexibility index (Phi) is 21.2. The van der Waals surface area contributed by atoms with E-state index < -0.39 is 11.9 Å². The second-order valence-corrected chi connectivity index (χ2v) is 7.62. The molecule has 0 unspecified atom stereocenters. The van der Waals surface area contributed by atoms with E-state index in [2.05, 4.69) is 9.72 Å². The van der Waals surface area contributed by atoms with Crippen molar-refractivity contribution >= 4 is 64.0 Å². The van der Waals surface area contributed by atoms with Crippen LogP contribution in [0, 0.1) is 0 Å². The van der Waals surface area contributed by atoms with Crippen LogP contribution < -0.4 is 40.4 Å². The molecule has 204 valence electrons. The molecular weight excluding hydrogens is 562 g/mol. The predicted molar refractivity (Wildman–Crippen MR) is 143 cm³/mol. The van der Waals surface area contributed by atoms with E-state index >= 15 is 0 Å². The number of anilines is 1. The smallest absolute Gasteiger partial charge is 0.878 e. The van der Waals surface area contributed by atoms with Gasteiger partial charge in [-0.2, -0.15) is 0 Å². The van der Waals surface area contributed by atoms with E-state index in [-0.39, 0.29) is 35.5 Å². The number of nitrogen functional groups attached to an aromatic ring is 1. The summed E-state index contributed by atoms with van der Waals surface area (Å²) in [5.41, 5.74) is 7.53. The van der Waals surface area contributed by atoms with Crippen molar-refractivity contribution < 1.29 is 68.4 Å². The van der Waals surface area contributed by atoms with Gasteiger partial charge in [-0.3, -0.25) is 14.6 Å². The number of hydrogen-bond acceptors (Lipinski definition) is 9. The van der Waals surface area contributed by atoms with Crippen molar-refractivity contribution in [1.29, 1.82) is 0 Å². The van der Waals surface area contributed by atoms with Crippen LogP contribution >= 0.6 is 23.2 Å². The van der Waals surface area contributed by atoms with Crippen molar-refractivity contribution in [2.75, 3.05) is 18.9 Å². The van der Waals surface area contributed by atoms with E-state index in [0.717, 1.165) is 23.9 Å². The number of aldehydes is 1. The van der Waals surface area contributed by atoms with Crippen LogP contribution in [-0.2, 0) is 19.1 Å². The number of carbonyl (C=O) groups excluding carboxylic acids is 3. The van der Waals surface area contributed by atoms with E-state index in [0.29, 0.717) is 52.6 Å². The maximum absolute atomic E-state index is 11.5. The molecule has 39 heavy (non-hydrogen) atoms. The van der Waals surface area contributed by atoms with E-state index in [1.165, 1.54) is 6.20 Å². The molecule has 10 nitrogen and oxygen atoms in total. The van der Waals surface area contributed by atoms with Gasteiger partial charge in [-0.15, -0.1) is 6.26 Å². The summed E-state index contributed by atoms with van der Waals surface area (Å²) in [4.78, 5) is 45.0. The third kappa shape index (κ3) is 17.1. The summed E-state index contributed by atoms with van der Waals surface area (Å²) in [6.45, 7) is 5.20. The quantitative estimate of drug-likeness (QED) is 0.111. The number of fused-ring (bicyclic) bond motifs is 1. The summed E-state index contributed by atoms with van der Waals surface area (Å²) in [6.07, 6.45) is 3.43. The minimum atomic E-state index is -0.833. The van der Waals surface area contributed by atoms with Gasteiger partial charge in [0.15, 0.2) is 6.29 Å². The second-order valence-electron chi connectivity index (χ2n) is 6.75. The van der Waals surface area contributed by atoms with Gasteiger partial charge in [0.1, 0.15) is 0 Å². The molecule has 1 aromatic heterocycles. The largest absolute Gasteiger partial charge is 1.00 e. The number of aromatic nitrogens is 1. The van der Waals surface area contributed by atoms with Crippen LogP contribution in [0.25, 0.3) is 10.9 Å². The average molecular weight is 589 g/mol. The van der Waals surface area contributed by atoms with Gasteiger partial charge in [-0.05, 0) is 50.2 Å². The first-order valence-corrected chi connectivity index (χ1v) is 11.6. The van der Waals surface area contributed by atoms with Crippen LogP contribution in [0.2, 0.25) is 10.0 Å². The molecule has 0 aliphatic heterocycles. The van der Waals surface area contributed by atoms with Crippen LogP contribution in [0.15, 0.2) is 61.0 Å². The number of esters is 2. The Morgan fingerprint density at radius 2 is 1.59 bits per heavy atom. The summed E-state index contributed by atoms with van der Waals surface area (Å²) in [5.74, 6) is -1.77. The van der Waals surface area contributed by atoms with Crippen LogP contribution in [0.4, 0.5) is 5.69 Å². The van der Waals surface area contributed by atoms with Gasteiger partial charge in [0.2, 0.25) is 0 Å². The summed E-state index contributed by atoms with van der Waals surface area (Å²) < 4.78 is 9.25. The number of pyridine rings is 1. The first-order chi connectivity index (χ1) is 18.0. The zero-order chi connectivity index (χ0) is 29.1. The molecule has 0 saturated carbocycles. The average Bonchev–Trinajstić information content (AvgIpc) is 2.85. The van der Waals surface area contributed by atoms with Crippen molar-refractivity contribution in [3.8, 4) is 0 Å². The van der Waals surface area contributed by atoms with Gasteiger partial charge < -0.3 is 25.4 Å². The Morgan fingerprint density at radius 1 is 1.03 bits per heavy atom. The molecule has 0 atom stereocenters. The molecule has 0 aliphatic carbocycles. The fourth-order valence-electron chi connectivity index (χ4n) is 2.32. The first-order valence-electron chi connectivity index (χ1n) is 10.9. The van der Waals surface area contributed by atoms with Crippen LogP contribution in [0.1, 0.15) is 41.5 Å². The van der Waals surface area contributed by atoms with E-state index in [4.69, 9.17) is 43.6 Å². The SMILES string of the molecule is CC(=O)O.CCOC(=O)/C=C/[O-].CCOC(=O)c1cnc2cc(Cl)ccc2c1.Nc1cc(Cl)ccc1C=O.[Na+]. The predicted octanol–water partition coefficient (Wildman–Crippen LogP) is 1.32. The zero-order valence-corrected chi connectivity index (χ0v) is 25.4. The van der Waals surface area contributed by atoms with Gasteiger partial charge in [-0.25, -0.2) is 9.59 Å². The summed E-state index contributed by atoms with van der Waals surface area (Å²) in [5, 5.41) is 19.0. The molecular formula is C26H27Cl2N2NaO8. The van der Waals surface area contributed by atoms with E-state index in [9.17, 15) is 19.5 Å². The normalized spacial score (nSPS) is 9.26. The molecule has 3 rings (SSSR count). The minimum absolute atomic E-state index is 0. The number of aliphatic carboxylic acids is 1. The Balaban J connectivity index is 0. The summed E-state index contributed by atoms with van der Waals surface area (Å²) >= 11 is 11.4. The zero-order valence-electron chi connectivity index (χ0n) is 21.9. The van der Waals surface area contributed by atoms with Crippen LogP contribution in [0.5, 0.6) is 0 Å². The summed E-state index contributed by atoms with van der Waals surface area (Å²) in [7, 11) is 0. The number of halogens is 2. The molecule has 3 N–H and O–H groups in total. The Morgan fingerprint density at radius 3 is 2.10 bits per heavy atom. The van der Waals surface area contributed by atoms with Gasteiger partial charge in [0.05, 0.1) is 24.3 Å². The maximum Gasteiger partial charge on any atom is 1.00 e. The Bertz CT molecular complexity index is 1250. The molecule has 0 spiro atoms. The molecule has 3 aromatic rings. The fraction of sp³-hybridized carbons (Fsp3) is 0.192. The number of carboxylic acids is 1. The number of hydrogen-bond donors (Lipinski definition) is 2. The molecule has 0 radical (unpaired) electrons. The molecule has 1 heterocycles. The number of benzene rings is 2. The third-order valence-corrected chi connectivity index (χ3v) is 4.29. The number of ether oxygens (including phenoxy) is 2. The molecule has 0 amide bonds. The maximum atomic E-state index is 11.5. The van der Waals surface area contributed by atoms with Gasteiger partial charge in [-0.1, -0.05) is 29.3 Å². The standard InChI is InChI=1S/C12H10ClNO2.C7H6ClNO.C5H8O3.C2H4O2.Na/c1-2-16-12(15)9-5-8-3-4-10(13)6-11(8)14-7-9;8-6-2-1-5(4-10)7(9)3-6;1-2-8-5(7)3-4-6;1-2(3)4;/h3-7H,2H2,1H3;1-4H,9H2;3-4,6H,2H2,1H3;1H3,(H,3,4);/q;;;;+1/p-1/b;;4-3+;;. The van der Waals surface area contributed by atoms with Gasteiger partial charge in [0, 0.05) is 45.9 Å². The topological polar surface area (TPSA) is 169 Å². The fourth-order valence-corrected chi connectivity index (χ4v) is 2.67. The van der Waals surface area contributed by atoms with Crippen molar-refractivity contribution in [3.05, 3.63) is 82.2 Å². The molecule has 0 fully saturated rings. The number of carboxylic acid groups (broad SMARTS) is 1. The number of carbonyl (C=O) groups is 4. The molecule has 0 saturated heterocycles. The molecule has 2 aromatic carbocycles. The summed E-state index contributed by atoms with van der Waals surface area (Å²) in [6, 6.07) is 11.9. The minimum Gasteiger partial charge on any atom is -0.878 e. The van der Waals surface area contributed by atoms with Crippen molar-refractivity contribution in [3.63, 3.8) is 0 Å². The molecule has 13 heteroatoms. The number of rotatable bonds is 5. The molecule has 0 bridgehead atoms. The molecule has 0 aliphatic rings. The number of nitrogens with zero attached hydrogens (tertiary/aromatic N) is 1. The Hall–Kier alpha value is -3.15. The van der Waals surface area contributed by atoms with E-state index in [1.807, 2.05) is 6.07 Å². The monoisotopic (exact) mass is 588 g/mol. The van der Waals surface area contributed by atoms with Crippen LogP contribution in [0.3, 0.4) is 0 Å². The van der Waals surface area contributed by atoms with Crippen molar-refractivity contribution in [1.82, 2.24) is 4.98 Å². The van der Waals surface area contributed by atoms with Crippen molar-refractivity contribution in [2.24, 2.45) is 0 Å². The van der Waals surface area contributed by atoms with Crippen molar-refractivity contribution in [2.45, 2.75) is 20.8 Å². The van der Waals surface area contributed by atoms with E-state index in [1.54, 1.807) is 50.2 Å². The number of nitrogens with two attached hydrogens (primary N) is 1. The van der Waals surface area contributed by atoms with Crippen LogP contribution in [-0.4, -0.2) is 47.5 Å². The second kappa shape index (κ2) is 21.7. The third-order valence-electron chi connectivity index (χ3n) is 3.82. The Labute approximate surface area is 258 Å². The first kappa shape index (κ1) is 38.0.